The maximum absolute atomic E-state index is 12.5. The van der Waals surface area contributed by atoms with Gasteiger partial charge in [0.2, 0.25) is 5.91 Å². The molecule has 0 bridgehead atoms. The molecule has 2 saturated heterocycles. The summed E-state index contributed by atoms with van der Waals surface area (Å²) in [6.45, 7) is 5.62. The van der Waals surface area contributed by atoms with E-state index in [1.807, 2.05) is 0 Å². The summed E-state index contributed by atoms with van der Waals surface area (Å²) < 4.78 is 10.9. The lowest BCUT2D eigenvalue weighted by molar-refractivity contribution is -0.118. The van der Waals surface area contributed by atoms with E-state index in [9.17, 15) is 4.79 Å². The minimum Gasteiger partial charge on any atom is -0.381 e. The maximum atomic E-state index is 12.5. The van der Waals surface area contributed by atoms with Crippen molar-refractivity contribution in [1.29, 1.82) is 0 Å². The molecule has 5 nitrogen and oxygen atoms in total. The average Bonchev–Trinajstić information content (AvgIpc) is 3.26. The first kappa shape index (κ1) is 16.3. The number of carbonyl (C=O) groups excluding carboxylic acids is 1. The van der Waals surface area contributed by atoms with Crippen molar-refractivity contribution in [2.24, 2.45) is 5.41 Å². The summed E-state index contributed by atoms with van der Waals surface area (Å²) in [4.78, 5) is 16.2. The monoisotopic (exact) mass is 348 g/mol. The van der Waals surface area contributed by atoms with Crippen LogP contribution in [0.3, 0.4) is 0 Å². The first-order valence-corrected chi connectivity index (χ1v) is 9.57. The molecule has 1 spiro atoms. The molecule has 130 valence electrons. The van der Waals surface area contributed by atoms with E-state index in [4.69, 9.17) is 9.47 Å². The van der Waals surface area contributed by atoms with Crippen molar-refractivity contribution in [3.05, 3.63) is 34.0 Å². The number of ether oxygens (including phenoxy) is 2. The molecule has 0 saturated carbocycles. The first-order valence-electron chi connectivity index (χ1n) is 8.69. The second kappa shape index (κ2) is 6.96. The number of thiophene rings is 1. The molecular weight excluding hydrogens is 324 g/mol. The van der Waals surface area contributed by atoms with Gasteiger partial charge in [-0.25, -0.2) is 0 Å². The summed E-state index contributed by atoms with van der Waals surface area (Å²) in [5, 5.41) is 5.25. The Morgan fingerprint density at radius 2 is 2.17 bits per heavy atom. The van der Waals surface area contributed by atoms with Gasteiger partial charge < -0.3 is 14.8 Å². The predicted octanol–water partition coefficient (Wildman–Crippen LogP) is 1.97. The molecule has 1 aliphatic carbocycles. The van der Waals surface area contributed by atoms with Gasteiger partial charge in [-0.15, -0.1) is 11.3 Å². The van der Waals surface area contributed by atoms with Gasteiger partial charge in [-0.1, -0.05) is 12.1 Å². The smallest absolute Gasteiger partial charge is 0.247 e. The van der Waals surface area contributed by atoms with Gasteiger partial charge in [-0.2, -0.15) is 0 Å². The largest absolute Gasteiger partial charge is 0.381 e. The molecule has 3 aliphatic rings. The van der Waals surface area contributed by atoms with Gasteiger partial charge in [0.15, 0.2) is 0 Å². The van der Waals surface area contributed by atoms with Gasteiger partial charge in [0, 0.05) is 42.1 Å². The zero-order valence-corrected chi connectivity index (χ0v) is 14.6. The average molecular weight is 348 g/mol. The SMILES string of the molecule is O=C(NCC(c1cccs1)N1CCOCC1)C1=CC2(CCOC2)C1. The third-order valence-electron chi connectivity index (χ3n) is 5.26. The van der Waals surface area contributed by atoms with Crippen molar-refractivity contribution in [2.45, 2.75) is 18.9 Å². The first-order chi connectivity index (χ1) is 11.8. The number of hydrogen-bond acceptors (Lipinski definition) is 5. The van der Waals surface area contributed by atoms with Crippen LogP contribution in [0.1, 0.15) is 23.8 Å². The summed E-state index contributed by atoms with van der Waals surface area (Å²) in [6, 6.07) is 4.47. The highest BCUT2D eigenvalue weighted by molar-refractivity contribution is 7.10. The van der Waals surface area contributed by atoms with E-state index < -0.39 is 0 Å². The van der Waals surface area contributed by atoms with E-state index in [-0.39, 0.29) is 17.4 Å². The number of rotatable bonds is 5. The molecule has 2 atom stereocenters. The van der Waals surface area contributed by atoms with Gasteiger partial charge in [0.1, 0.15) is 0 Å². The minimum absolute atomic E-state index is 0.0855. The molecule has 1 aromatic rings. The van der Waals surface area contributed by atoms with Crippen LogP contribution >= 0.6 is 11.3 Å². The molecule has 3 heterocycles. The van der Waals surface area contributed by atoms with Gasteiger partial charge in [0.25, 0.3) is 0 Å². The standard InChI is InChI=1S/C18H24N2O3S/c21-17(14-10-18(11-14)3-6-23-13-18)19-12-15(16-2-1-9-24-16)20-4-7-22-8-5-20/h1-2,9-10,15H,3-8,11-13H2,(H,19,21). The summed E-state index contributed by atoms with van der Waals surface area (Å²) in [7, 11) is 0. The van der Waals surface area contributed by atoms with Crippen molar-refractivity contribution in [3.8, 4) is 0 Å². The predicted molar refractivity (Wildman–Crippen MR) is 93.0 cm³/mol. The Kier molecular flexibility index (Phi) is 4.72. The van der Waals surface area contributed by atoms with Crippen LogP contribution in [0.5, 0.6) is 0 Å². The maximum Gasteiger partial charge on any atom is 0.247 e. The number of amides is 1. The normalized spacial score (nSPS) is 28.4. The van der Waals surface area contributed by atoms with Crippen molar-refractivity contribution in [3.63, 3.8) is 0 Å². The zero-order valence-electron chi connectivity index (χ0n) is 13.8. The van der Waals surface area contributed by atoms with Crippen molar-refractivity contribution >= 4 is 17.2 Å². The van der Waals surface area contributed by atoms with Crippen LogP contribution in [-0.4, -0.2) is 56.9 Å². The topological polar surface area (TPSA) is 50.8 Å². The highest BCUT2D eigenvalue weighted by Crippen LogP contribution is 2.45. The lowest BCUT2D eigenvalue weighted by Gasteiger charge is -2.36. The van der Waals surface area contributed by atoms with Crippen LogP contribution in [0, 0.1) is 5.41 Å². The molecule has 1 aromatic heterocycles. The molecule has 2 aliphatic heterocycles. The second-order valence-electron chi connectivity index (χ2n) is 6.90. The van der Waals surface area contributed by atoms with Crippen LogP contribution in [-0.2, 0) is 14.3 Å². The van der Waals surface area contributed by atoms with Crippen LogP contribution in [0.4, 0.5) is 0 Å². The molecule has 24 heavy (non-hydrogen) atoms. The van der Waals surface area contributed by atoms with E-state index in [0.717, 1.165) is 57.9 Å². The number of morpholine rings is 1. The Labute approximate surface area is 146 Å². The van der Waals surface area contributed by atoms with E-state index in [2.05, 4.69) is 33.8 Å². The van der Waals surface area contributed by atoms with E-state index in [1.54, 1.807) is 11.3 Å². The molecular formula is C18H24N2O3S. The quantitative estimate of drug-likeness (QED) is 0.884. The molecule has 2 unspecified atom stereocenters. The molecule has 6 heteroatoms. The van der Waals surface area contributed by atoms with E-state index >= 15 is 0 Å². The highest BCUT2D eigenvalue weighted by Gasteiger charge is 2.42. The molecule has 4 rings (SSSR count). The molecule has 2 fully saturated rings. The van der Waals surface area contributed by atoms with Gasteiger partial charge in [-0.3, -0.25) is 9.69 Å². The fourth-order valence-corrected chi connectivity index (χ4v) is 4.69. The molecule has 0 aromatic carbocycles. The van der Waals surface area contributed by atoms with E-state index in [1.165, 1.54) is 4.88 Å². The van der Waals surface area contributed by atoms with Crippen molar-refractivity contribution in [1.82, 2.24) is 10.2 Å². The minimum atomic E-state index is 0.0855. The number of hydrogen-bond donors (Lipinski definition) is 1. The van der Waals surface area contributed by atoms with Crippen molar-refractivity contribution < 1.29 is 14.3 Å². The van der Waals surface area contributed by atoms with E-state index in [0.29, 0.717) is 6.54 Å². The summed E-state index contributed by atoms with van der Waals surface area (Å²) in [5.41, 5.74) is 1.08. The zero-order chi connectivity index (χ0) is 16.4. The summed E-state index contributed by atoms with van der Waals surface area (Å²) in [5.74, 6) is 0.0855. The molecule has 1 amide bonds. The van der Waals surface area contributed by atoms with Crippen LogP contribution in [0.2, 0.25) is 0 Å². The van der Waals surface area contributed by atoms with Gasteiger partial charge in [-0.05, 0) is 24.3 Å². The second-order valence-corrected chi connectivity index (χ2v) is 7.88. The van der Waals surface area contributed by atoms with Crippen LogP contribution in [0.25, 0.3) is 0 Å². The van der Waals surface area contributed by atoms with Crippen LogP contribution < -0.4 is 5.32 Å². The van der Waals surface area contributed by atoms with Crippen LogP contribution in [0.15, 0.2) is 29.2 Å². The van der Waals surface area contributed by atoms with Crippen molar-refractivity contribution in [2.75, 3.05) is 46.1 Å². The number of nitrogens with zero attached hydrogens (tertiary/aromatic N) is 1. The Morgan fingerprint density at radius 3 is 2.83 bits per heavy atom. The third kappa shape index (κ3) is 3.28. The fraction of sp³-hybridized carbons (Fsp3) is 0.611. The van der Waals surface area contributed by atoms with Gasteiger partial charge >= 0.3 is 0 Å². The Morgan fingerprint density at radius 1 is 1.33 bits per heavy atom. The van der Waals surface area contributed by atoms with Gasteiger partial charge in [0.05, 0.1) is 25.9 Å². The Balaban J connectivity index is 1.37. The number of nitrogens with one attached hydrogen (secondary N) is 1. The lowest BCUT2D eigenvalue weighted by Crippen LogP contribution is -2.44. The summed E-state index contributed by atoms with van der Waals surface area (Å²) >= 11 is 1.75. The number of carbonyl (C=O) groups is 1. The Bertz CT molecular complexity index is 602. The fourth-order valence-electron chi connectivity index (χ4n) is 3.82. The Hall–Kier alpha value is -1.21. The summed E-state index contributed by atoms with van der Waals surface area (Å²) in [6.07, 6.45) is 4.04. The molecule has 1 N–H and O–H groups in total. The molecule has 0 radical (unpaired) electrons. The third-order valence-corrected chi connectivity index (χ3v) is 6.24. The highest BCUT2D eigenvalue weighted by atomic mass is 32.1. The lowest BCUT2D eigenvalue weighted by atomic mass is 9.70.